The van der Waals surface area contributed by atoms with Gasteiger partial charge in [0.2, 0.25) is 0 Å². The predicted molar refractivity (Wildman–Crippen MR) is 29.5 cm³/mol. The first-order chi connectivity index (χ1) is 3.56. The van der Waals surface area contributed by atoms with Crippen molar-refractivity contribution in [3.05, 3.63) is 11.5 Å². The zero-order valence-electron chi connectivity index (χ0n) is 4.49. The van der Waals surface area contributed by atoms with Crippen LogP contribution in [0.1, 0.15) is 0 Å². The molecule has 0 bridgehead atoms. The maximum absolute atomic E-state index is 10.2. The van der Waals surface area contributed by atoms with Gasteiger partial charge in [-0.2, -0.15) is 0 Å². The van der Waals surface area contributed by atoms with Crippen molar-refractivity contribution in [1.29, 1.82) is 0 Å². The molecule has 0 aromatic carbocycles. The van der Waals surface area contributed by atoms with Crippen molar-refractivity contribution in [3.63, 3.8) is 0 Å². The number of rotatable bonds is 2. The Hall–Kier alpha value is -0.350. The molecular formula is C4H7O3S. The van der Waals surface area contributed by atoms with E-state index in [2.05, 4.69) is 0 Å². The second-order valence-electron chi connectivity index (χ2n) is 1.37. The van der Waals surface area contributed by atoms with Gasteiger partial charge in [-0.1, -0.05) is 0 Å². The molecule has 0 amide bonds. The second-order valence-corrected chi connectivity index (χ2v) is 3.30. The summed E-state index contributed by atoms with van der Waals surface area (Å²) in [6.45, 7) is -0.479. The van der Waals surface area contributed by atoms with E-state index in [0.29, 0.717) is 0 Å². The van der Waals surface area contributed by atoms with E-state index in [9.17, 15) is 13.5 Å². The summed E-state index contributed by atoms with van der Waals surface area (Å²) in [5.41, 5.74) is 0. The third-order valence-electron chi connectivity index (χ3n) is 0.440. The molecule has 0 fully saturated rings. The van der Waals surface area contributed by atoms with E-state index in [1.165, 1.54) is 0 Å². The molecule has 3 nitrogen and oxygen atoms in total. The van der Waals surface area contributed by atoms with Gasteiger partial charge in [-0.25, -0.2) is 13.5 Å². The van der Waals surface area contributed by atoms with Crippen molar-refractivity contribution in [1.82, 2.24) is 0 Å². The molecule has 0 unspecified atom stereocenters. The molecule has 0 aromatic heterocycles. The van der Waals surface area contributed by atoms with E-state index in [1.807, 2.05) is 0 Å². The largest absolute Gasteiger partial charge is 0.232 e. The summed E-state index contributed by atoms with van der Waals surface area (Å²) < 4.78 is 20.3. The average molecular weight is 135 g/mol. The van der Waals surface area contributed by atoms with Crippen LogP contribution in [0.2, 0.25) is 0 Å². The molecule has 0 spiro atoms. The Morgan fingerprint density at radius 1 is 1.50 bits per heavy atom. The Morgan fingerprint density at radius 3 is 2.12 bits per heavy atom. The van der Waals surface area contributed by atoms with Crippen molar-refractivity contribution < 1.29 is 13.5 Å². The Labute approximate surface area is 48.6 Å². The van der Waals surface area contributed by atoms with E-state index in [-0.39, 0.29) is 0 Å². The van der Waals surface area contributed by atoms with Crippen LogP contribution in [0.5, 0.6) is 0 Å². The van der Waals surface area contributed by atoms with Gasteiger partial charge in [0.1, 0.15) is 6.61 Å². The van der Waals surface area contributed by atoms with Gasteiger partial charge in [0.05, 0.1) is 0 Å². The zero-order chi connectivity index (χ0) is 6.62. The van der Waals surface area contributed by atoms with Crippen LogP contribution < -0.4 is 0 Å². The maximum Gasteiger partial charge on any atom is 0.168 e. The summed E-state index contributed by atoms with van der Waals surface area (Å²) in [7, 11) is -3.07. The van der Waals surface area contributed by atoms with Crippen molar-refractivity contribution >= 4 is 9.84 Å². The standard InChI is InChI=1S/C4H7O3S/c1-8(6,7)4-2-3-5/h2,4H,3H2,1H3. The second kappa shape index (κ2) is 2.84. The summed E-state index contributed by atoms with van der Waals surface area (Å²) in [5.74, 6) is 0. The van der Waals surface area contributed by atoms with Crippen LogP contribution >= 0.6 is 0 Å². The molecule has 0 atom stereocenters. The molecule has 0 aliphatic carbocycles. The van der Waals surface area contributed by atoms with Crippen LogP contribution in [0.25, 0.3) is 0 Å². The van der Waals surface area contributed by atoms with Gasteiger partial charge < -0.3 is 0 Å². The van der Waals surface area contributed by atoms with Gasteiger partial charge >= 0.3 is 0 Å². The summed E-state index contributed by atoms with van der Waals surface area (Å²) in [6.07, 6.45) is 2.11. The van der Waals surface area contributed by atoms with E-state index in [0.717, 1.165) is 17.7 Å². The van der Waals surface area contributed by atoms with E-state index < -0.39 is 16.4 Å². The average Bonchev–Trinajstić information content (AvgIpc) is 1.59. The molecular weight excluding hydrogens is 128 g/mol. The highest BCUT2D eigenvalue weighted by Gasteiger charge is 1.89. The SMILES string of the molecule is CS(=O)(=O)C=CC[O]. The van der Waals surface area contributed by atoms with Crippen LogP contribution in [0.15, 0.2) is 11.5 Å². The number of hydrogen-bond acceptors (Lipinski definition) is 2. The minimum absolute atomic E-state index is 0.479. The highest BCUT2D eigenvalue weighted by Crippen LogP contribution is 1.82. The molecule has 0 aliphatic heterocycles. The first kappa shape index (κ1) is 7.65. The predicted octanol–water partition coefficient (Wildman–Crippen LogP) is -0.0248. The summed E-state index contributed by atoms with van der Waals surface area (Å²) in [5, 5.41) is 10.5. The topological polar surface area (TPSA) is 54.0 Å². The molecule has 47 valence electrons. The third-order valence-corrected chi connectivity index (χ3v) is 1.13. The summed E-state index contributed by atoms with van der Waals surface area (Å²) in [6, 6.07) is 0. The number of hydrogen-bond donors (Lipinski definition) is 0. The molecule has 8 heavy (non-hydrogen) atoms. The Morgan fingerprint density at radius 2 is 2.00 bits per heavy atom. The molecule has 1 radical (unpaired) electrons. The van der Waals surface area contributed by atoms with E-state index >= 15 is 0 Å². The summed E-state index contributed by atoms with van der Waals surface area (Å²) >= 11 is 0. The van der Waals surface area contributed by atoms with Crippen molar-refractivity contribution in [2.45, 2.75) is 0 Å². The number of sulfone groups is 1. The van der Waals surface area contributed by atoms with Crippen LogP contribution in [-0.2, 0) is 14.9 Å². The van der Waals surface area contributed by atoms with Crippen molar-refractivity contribution in [3.8, 4) is 0 Å². The zero-order valence-corrected chi connectivity index (χ0v) is 5.31. The minimum atomic E-state index is -3.07. The quantitative estimate of drug-likeness (QED) is 0.534. The van der Waals surface area contributed by atoms with Gasteiger partial charge in [0.25, 0.3) is 0 Å². The van der Waals surface area contributed by atoms with Crippen LogP contribution in [0, 0.1) is 0 Å². The Kier molecular flexibility index (Phi) is 2.71. The highest BCUT2D eigenvalue weighted by molar-refractivity contribution is 7.93. The highest BCUT2D eigenvalue weighted by atomic mass is 32.2. The van der Waals surface area contributed by atoms with Crippen molar-refractivity contribution in [2.24, 2.45) is 0 Å². The minimum Gasteiger partial charge on any atom is -0.232 e. The van der Waals surface area contributed by atoms with E-state index in [1.54, 1.807) is 0 Å². The molecule has 0 aliphatic rings. The molecule has 0 saturated carbocycles. The normalized spacial score (nSPS) is 12.8. The lowest BCUT2D eigenvalue weighted by atomic mass is 10.7. The lowest BCUT2D eigenvalue weighted by Gasteiger charge is -1.79. The van der Waals surface area contributed by atoms with Gasteiger partial charge in [0.15, 0.2) is 9.84 Å². The first-order valence-corrected chi connectivity index (χ1v) is 3.96. The van der Waals surface area contributed by atoms with Crippen molar-refractivity contribution in [2.75, 3.05) is 12.9 Å². The van der Waals surface area contributed by atoms with Crippen LogP contribution in [0.4, 0.5) is 0 Å². The molecule has 0 heterocycles. The molecule has 0 aromatic rings. The fraction of sp³-hybridized carbons (Fsp3) is 0.500. The maximum atomic E-state index is 10.2. The lowest BCUT2D eigenvalue weighted by molar-refractivity contribution is 0.232. The molecule has 4 heteroatoms. The van der Waals surface area contributed by atoms with Crippen LogP contribution in [0.3, 0.4) is 0 Å². The fourth-order valence-corrected chi connectivity index (χ4v) is 0.642. The fourth-order valence-electron chi connectivity index (χ4n) is 0.214. The lowest BCUT2D eigenvalue weighted by Crippen LogP contribution is -1.88. The van der Waals surface area contributed by atoms with Gasteiger partial charge in [-0.15, -0.1) is 0 Å². The molecule has 0 N–H and O–H groups in total. The van der Waals surface area contributed by atoms with E-state index in [4.69, 9.17) is 0 Å². The molecule has 0 rings (SSSR count). The van der Waals surface area contributed by atoms with Crippen LogP contribution in [-0.4, -0.2) is 21.3 Å². The van der Waals surface area contributed by atoms with Gasteiger partial charge in [-0.05, 0) is 6.08 Å². The third kappa shape index (κ3) is 5.65. The van der Waals surface area contributed by atoms with Gasteiger partial charge in [0, 0.05) is 11.7 Å². The summed E-state index contributed by atoms with van der Waals surface area (Å²) in [4.78, 5) is 0. The Bertz CT molecular complexity index is 166. The monoisotopic (exact) mass is 135 g/mol. The Balaban J connectivity index is 3.92. The first-order valence-electron chi connectivity index (χ1n) is 2.01. The molecule has 0 saturated heterocycles. The smallest absolute Gasteiger partial charge is 0.168 e. The van der Waals surface area contributed by atoms with Gasteiger partial charge in [-0.3, -0.25) is 0 Å².